The molecule has 0 bridgehead atoms. The van der Waals surface area contributed by atoms with E-state index in [1.165, 1.54) is 0 Å². The summed E-state index contributed by atoms with van der Waals surface area (Å²) in [4.78, 5) is 11.0. The largest absolute Gasteiger partial charge is 0.459 e. The molecule has 4 heteroatoms. The Morgan fingerprint density at radius 1 is 1.62 bits per heavy atom. The van der Waals surface area contributed by atoms with Crippen LogP contribution in [0.25, 0.3) is 0 Å². The van der Waals surface area contributed by atoms with E-state index in [4.69, 9.17) is 14.2 Å². The number of ether oxygens (including phenoxy) is 3. The van der Waals surface area contributed by atoms with Gasteiger partial charge in [0.1, 0.15) is 19.0 Å². The maximum Gasteiger partial charge on any atom is 0.308 e. The lowest BCUT2D eigenvalue weighted by Gasteiger charge is -2.20. The van der Waals surface area contributed by atoms with Crippen LogP contribution in [0.3, 0.4) is 0 Å². The number of hydrogen-bond donors (Lipinski definition) is 0. The minimum absolute atomic E-state index is 0.123. The first-order chi connectivity index (χ1) is 6.15. The average Bonchev–Trinajstić information content (AvgIpc) is 2.43. The van der Waals surface area contributed by atoms with E-state index in [1.54, 1.807) is 7.11 Å². The third kappa shape index (κ3) is 2.67. The summed E-state index contributed by atoms with van der Waals surface area (Å²) in [5, 5.41) is 0. The van der Waals surface area contributed by atoms with Crippen LogP contribution in [-0.4, -0.2) is 32.1 Å². The van der Waals surface area contributed by atoms with Gasteiger partial charge in [-0.25, -0.2) is 0 Å². The Labute approximate surface area is 78.2 Å². The van der Waals surface area contributed by atoms with Gasteiger partial charge in [0.05, 0.1) is 6.42 Å². The van der Waals surface area contributed by atoms with E-state index in [0.29, 0.717) is 6.42 Å². The van der Waals surface area contributed by atoms with Crippen LogP contribution in [-0.2, 0) is 19.0 Å². The Morgan fingerprint density at radius 2 is 2.31 bits per heavy atom. The van der Waals surface area contributed by atoms with Crippen LogP contribution in [0.4, 0.5) is 0 Å². The maximum atomic E-state index is 11.0. The number of hydrogen-bond acceptors (Lipinski definition) is 4. The molecular weight excluding hydrogens is 172 g/mol. The van der Waals surface area contributed by atoms with Crippen molar-refractivity contribution >= 4 is 5.97 Å². The monoisotopic (exact) mass is 188 g/mol. The van der Waals surface area contributed by atoms with Crippen molar-refractivity contribution in [2.45, 2.75) is 32.5 Å². The van der Waals surface area contributed by atoms with Gasteiger partial charge in [-0.15, -0.1) is 0 Å². The summed E-state index contributed by atoms with van der Waals surface area (Å²) in [5.74, 6) is 0.105. The van der Waals surface area contributed by atoms with Gasteiger partial charge < -0.3 is 14.2 Å². The zero-order chi connectivity index (χ0) is 9.84. The minimum Gasteiger partial charge on any atom is -0.459 e. The molecule has 1 saturated heterocycles. The summed E-state index contributed by atoms with van der Waals surface area (Å²) in [6.45, 7) is 4.23. The highest BCUT2D eigenvalue weighted by Crippen LogP contribution is 2.24. The highest BCUT2D eigenvalue weighted by atomic mass is 16.7. The van der Waals surface area contributed by atoms with Gasteiger partial charge in [-0.3, -0.25) is 4.79 Å². The van der Waals surface area contributed by atoms with E-state index < -0.39 is 0 Å². The van der Waals surface area contributed by atoms with E-state index in [2.05, 4.69) is 0 Å². The van der Waals surface area contributed by atoms with Gasteiger partial charge >= 0.3 is 5.97 Å². The second kappa shape index (κ2) is 4.58. The Bertz CT molecular complexity index is 178. The van der Waals surface area contributed by atoms with Gasteiger partial charge in [0.2, 0.25) is 0 Å². The lowest BCUT2D eigenvalue weighted by atomic mass is 10.0. The predicted molar refractivity (Wildman–Crippen MR) is 46.1 cm³/mol. The molecule has 13 heavy (non-hydrogen) atoms. The van der Waals surface area contributed by atoms with Gasteiger partial charge in [0, 0.05) is 7.11 Å². The lowest BCUT2D eigenvalue weighted by Crippen LogP contribution is -2.29. The van der Waals surface area contributed by atoms with Gasteiger partial charge in [-0.2, -0.15) is 0 Å². The van der Waals surface area contributed by atoms with E-state index in [1.807, 2.05) is 13.8 Å². The molecule has 0 N–H and O–H groups in total. The van der Waals surface area contributed by atoms with Crippen molar-refractivity contribution in [3.8, 4) is 0 Å². The van der Waals surface area contributed by atoms with Crippen LogP contribution < -0.4 is 0 Å². The molecule has 0 radical (unpaired) electrons. The molecule has 1 fully saturated rings. The van der Waals surface area contributed by atoms with Crippen LogP contribution in [0.2, 0.25) is 0 Å². The highest BCUT2D eigenvalue weighted by molar-refractivity contribution is 5.72. The molecule has 0 aromatic heterocycles. The molecule has 0 spiro atoms. The molecule has 2 atom stereocenters. The normalized spacial score (nSPS) is 28.2. The molecule has 4 nitrogen and oxygen atoms in total. The molecule has 1 aliphatic rings. The fourth-order valence-corrected chi connectivity index (χ4v) is 1.43. The SMILES string of the molecule is COCO[C@H]1CC(=O)O[C@@H]1C(C)C. The lowest BCUT2D eigenvalue weighted by molar-refractivity contribution is -0.145. The summed E-state index contributed by atoms with van der Waals surface area (Å²) >= 11 is 0. The predicted octanol–water partition coefficient (Wildman–Crippen LogP) is 0.947. The first-order valence-corrected chi connectivity index (χ1v) is 4.45. The van der Waals surface area contributed by atoms with Crippen LogP contribution >= 0.6 is 0 Å². The van der Waals surface area contributed by atoms with Crippen LogP contribution in [0, 0.1) is 5.92 Å². The van der Waals surface area contributed by atoms with Crippen molar-refractivity contribution in [2.75, 3.05) is 13.9 Å². The summed E-state index contributed by atoms with van der Waals surface area (Å²) in [5.41, 5.74) is 0. The van der Waals surface area contributed by atoms with Crippen molar-refractivity contribution < 1.29 is 19.0 Å². The maximum absolute atomic E-state index is 11.0. The van der Waals surface area contributed by atoms with Gasteiger partial charge in [-0.05, 0) is 5.92 Å². The van der Waals surface area contributed by atoms with Crippen LogP contribution in [0.5, 0.6) is 0 Å². The van der Waals surface area contributed by atoms with Crippen molar-refractivity contribution in [2.24, 2.45) is 5.92 Å². The number of cyclic esters (lactones) is 1. The molecule has 0 saturated carbocycles. The van der Waals surface area contributed by atoms with Crippen LogP contribution in [0.1, 0.15) is 20.3 Å². The van der Waals surface area contributed by atoms with Crippen molar-refractivity contribution in [3.63, 3.8) is 0 Å². The topological polar surface area (TPSA) is 44.8 Å². The fourth-order valence-electron chi connectivity index (χ4n) is 1.43. The molecular formula is C9H16O4. The van der Waals surface area contributed by atoms with Crippen molar-refractivity contribution in [1.29, 1.82) is 0 Å². The second-order valence-electron chi connectivity index (χ2n) is 3.51. The third-order valence-electron chi connectivity index (χ3n) is 2.06. The van der Waals surface area contributed by atoms with Gasteiger partial charge in [0.25, 0.3) is 0 Å². The molecule has 0 unspecified atom stereocenters. The molecule has 1 aliphatic heterocycles. The zero-order valence-corrected chi connectivity index (χ0v) is 8.28. The van der Waals surface area contributed by atoms with E-state index in [-0.39, 0.29) is 30.9 Å². The number of rotatable bonds is 4. The Hall–Kier alpha value is -0.610. The minimum atomic E-state index is -0.181. The zero-order valence-electron chi connectivity index (χ0n) is 8.28. The summed E-state index contributed by atoms with van der Waals surface area (Å²) < 4.78 is 15.2. The molecule has 0 aromatic carbocycles. The molecule has 0 aliphatic carbocycles. The molecule has 76 valence electrons. The van der Waals surface area contributed by atoms with E-state index in [9.17, 15) is 4.79 Å². The Kier molecular flexibility index (Phi) is 3.69. The molecule has 1 heterocycles. The summed E-state index contributed by atoms with van der Waals surface area (Å²) in [6, 6.07) is 0. The third-order valence-corrected chi connectivity index (χ3v) is 2.06. The first-order valence-electron chi connectivity index (χ1n) is 4.45. The Morgan fingerprint density at radius 3 is 2.85 bits per heavy atom. The molecule has 0 amide bonds. The highest BCUT2D eigenvalue weighted by Gasteiger charge is 2.37. The van der Waals surface area contributed by atoms with Crippen molar-refractivity contribution in [1.82, 2.24) is 0 Å². The van der Waals surface area contributed by atoms with Gasteiger partial charge in [0.15, 0.2) is 0 Å². The quantitative estimate of drug-likeness (QED) is 0.486. The van der Waals surface area contributed by atoms with Crippen LogP contribution in [0.15, 0.2) is 0 Å². The summed E-state index contributed by atoms with van der Waals surface area (Å²) in [7, 11) is 1.56. The summed E-state index contributed by atoms with van der Waals surface area (Å²) in [6.07, 6.45) is 0.0711. The van der Waals surface area contributed by atoms with E-state index >= 15 is 0 Å². The Balaban J connectivity index is 2.45. The smallest absolute Gasteiger partial charge is 0.308 e. The molecule has 0 aromatic rings. The van der Waals surface area contributed by atoms with Gasteiger partial charge in [-0.1, -0.05) is 13.8 Å². The second-order valence-corrected chi connectivity index (χ2v) is 3.51. The average molecular weight is 188 g/mol. The standard InChI is InChI=1S/C9H16O4/c1-6(2)9-7(12-5-11-3)4-8(10)13-9/h6-7,9H,4-5H2,1-3H3/t7-,9+/m0/s1. The fraction of sp³-hybridized carbons (Fsp3) is 0.889. The number of carbonyl (C=O) groups excluding carboxylic acids is 1. The van der Waals surface area contributed by atoms with E-state index in [0.717, 1.165) is 0 Å². The van der Waals surface area contributed by atoms with Crippen molar-refractivity contribution in [3.05, 3.63) is 0 Å². The number of esters is 1. The number of methoxy groups -OCH3 is 1. The molecule has 1 rings (SSSR count). The number of carbonyl (C=O) groups is 1. The first kappa shape index (κ1) is 10.5.